The fraction of sp³-hybridized carbons (Fsp3) is 0.133. The molecule has 0 aliphatic heterocycles. The zero-order valence-electron chi connectivity index (χ0n) is 12.2. The highest BCUT2D eigenvalue weighted by Gasteiger charge is 2.19. The van der Waals surface area contributed by atoms with Crippen LogP contribution < -0.4 is 17.1 Å². The van der Waals surface area contributed by atoms with Crippen LogP contribution in [0.5, 0.6) is 0 Å². The Morgan fingerprint density at radius 2 is 2.04 bits per heavy atom. The molecule has 4 N–H and O–H groups in total. The number of nitrogen functional groups attached to an aromatic ring is 1. The molecule has 118 valence electrons. The van der Waals surface area contributed by atoms with Crippen LogP contribution >= 0.6 is 23.1 Å². The van der Waals surface area contributed by atoms with E-state index in [1.807, 2.05) is 35.7 Å². The number of primary amides is 1. The van der Waals surface area contributed by atoms with Crippen molar-refractivity contribution in [3.8, 4) is 11.1 Å². The molecule has 1 atom stereocenters. The average Bonchev–Trinajstić information content (AvgIpc) is 2.97. The number of aromatic nitrogens is 2. The number of hydrogen-bond acceptors (Lipinski definition) is 6. The lowest BCUT2D eigenvalue weighted by atomic mass is 10.1. The maximum absolute atomic E-state index is 12.6. The van der Waals surface area contributed by atoms with E-state index in [4.69, 9.17) is 11.6 Å². The molecule has 1 aromatic carbocycles. The second kappa shape index (κ2) is 6.05. The van der Waals surface area contributed by atoms with E-state index in [1.54, 1.807) is 6.92 Å². The number of nitrogens with two attached hydrogens (primary N) is 2. The van der Waals surface area contributed by atoms with Gasteiger partial charge in [0.25, 0.3) is 5.56 Å². The summed E-state index contributed by atoms with van der Waals surface area (Å²) < 4.78 is 0.978. The summed E-state index contributed by atoms with van der Waals surface area (Å²) in [6.45, 7) is 1.65. The molecule has 1 amide bonds. The van der Waals surface area contributed by atoms with Gasteiger partial charge in [-0.1, -0.05) is 42.1 Å². The third kappa shape index (κ3) is 2.82. The van der Waals surface area contributed by atoms with Crippen molar-refractivity contribution in [1.82, 2.24) is 9.66 Å². The first kappa shape index (κ1) is 15.6. The van der Waals surface area contributed by atoms with Gasteiger partial charge < -0.3 is 11.6 Å². The number of rotatable bonds is 4. The number of fused-ring (bicyclic) bond motifs is 1. The SMILES string of the molecule is CC(Sc1nc2scc(-c3ccccc3)c2c(=O)n1N)C(N)=O. The number of thioether (sulfide) groups is 1. The summed E-state index contributed by atoms with van der Waals surface area (Å²) in [5.41, 5.74) is 6.65. The van der Waals surface area contributed by atoms with E-state index in [9.17, 15) is 9.59 Å². The van der Waals surface area contributed by atoms with Gasteiger partial charge >= 0.3 is 0 Å². The van der Waals surface area contributed by atoms with Crippen molar-refractivity contribution in [2.45, 2.75) is 17.3 Å². The first-order valence-electron chi connectivity index (χ1n) is 6.79. The zero-order valence-corrected chi connectivity index (χ0v) is 13.9. The van der Waals surface area contributed by atoms with Crippen LogP contribution in [0.4, 0.5) is 0 Å². The summed E-state index contributed by atoms with van der Waals surface area (Å²) in [5, 5.41) is 2.12. The second-order valence-corrected chi connectivity index (χ2v) is 7.09. The van der Waals surface area contributed by atoms with Gasteiger partial charge in [-0.05, 0) is 12.5 Å². The largest absolute Gasteiger partial charge is 0.369 e. The predicted octanol–water partition coefficient (Wildman–Crippen LogP) is 1.80. The highest BCUT2D eigenvalue weighted by molar-refractivity contribution is 8.00. The Labute approximate surface area is 140 Å². The van der Waals surface area contributed by atoms with Crippen LogP contribution in [-0.4, -0.2) is 20.8 Å². The minimum absolute atomic E-state index is 0.273. The average molecular weight is 346 g/mol. The molecule has 3 rings (SSSR count). The predicted molar refractivity (Wildman–Crippen MR) is 94.0 cm³/mol. The molecular formula is C15H14N4O2S2. The molecule has 2 aromatic heterocycles. The van der Waals surface area contributed by atoms with Crippen molar-refractivity contribution in [2.75, 3.05) is 5.84 Å². The smallest absolute Gasteiger partial charge is 0.282 e. The minimum atomic E-state index is -0.525. The van der Waals surface area contributed by atoms with Gasteiger partial charge in [0.05, 0.1) is 10.6 Å². The first-order chi connectivity index (χ1) is 11.0. The molecule has 0 aliphatic carbocycles. The monoisotopic (exact) mass is 346 g/mol. The van der Waals surface area contributed by atoms with Crippen LogP contribution in [0.3, 0.4) is 0 Å². The Balaban J connectivity index is 2.15. The second-order valence-electron chi connectivity index (χ2n) is 4.93. The van der Waals surface area contributed by atoms with Crippen LogP contribution in [0.1, 0.15) is 6.92 Å². The molecule has 0 fully saturated rings. The van der Waals surface area contributed by atoms with Crippen LogP contribution in [0.2, 0.25) is 0 Å². The Morgan fingerprint density at radius 3 is 2.70 bits per heavy atom. The van der Waals surface area contributed by atoms with Gasteiger partial charge in [-0.25, -0.2) is 9.66 Å². The van der Waals surface area contributed by atoms with Gasteiger partial charge in [0.15, 0.2) is 5.16 Å². The molecule has 0 saturated heterocycles. The fourth-order valence-electron chi connectivity index (χ4n) is 2.11. The number of nitrogens with zero attached hydrogens (tertiary/aromatic N) is 2. The highest BCUT2D eigenvalue weighted by Crippen LogP contribution is 2.32. The Hall–Kier alpha value is -2.32. The van der Waals surface area contributed by atoms with E-state index < -0.39 is 11.2 Å². The lowest BCUT2D eigenvalue weighted by Gasteiger charge is -2.10. The van der Waals surface area contributed by atoms with Crippen LogP contribution in [-0.2, 0) is 4.79 Å². The van der Waals surface area contributed by atoms with Gasteiger partial charge in [-0.15, -0.1) is 11.3 Å². The van der Waals surface area contributed by atoms with Gasteiger partial charge in [-0.3, -0.25) is 9.59 Å². The molecule has 8 heteroatoms. The highest BCUT2D eigenvalue weighted by atomic mass is 32.2. The van der Waals surface area contributed by atoms with Gasteiger partial charge in [-0.2, -0.15) is 0 Å². The van der Waals surface area contributed by atoms with Crippen molar-refractivity contribution in [3.05, 3.63) is 46.1 Å². The third-order valence-electron chi connectivity index (χ3n) is 3.38. The van der Waals surface area contributed by atoms with E-state index in [2.05, 4.69) is 4.98 Å². The molecule has 6 nitrogen and oxygen atoms in total. The fourth-order valence-corrected chi connectivity index (χ4v) is 3.88. The van der Waals surface area contributed by atoms with Crippen LogP contribution in [0.25, 0.3) is 21.3 Å². The van der Waals surface area contributed by atoms with Crippen molar-refractivity contribution in [3.63, 3.8) is 0 Å². The van der Waals surface area contributed by atoms with E-state index in [0.717, 1.165) is 27.6 Å². The number of amides is 1. The number of carbonyl (C=O) groups is 1. The lowest BCUT2D eigenvalue weighted by molar-refractivity contribution is -0.117. The molecular weight excluding hydrogens is 332 g/mol. The molecule has 0 spiro atoms. The van der Waals surface area contributed by atoms with E-state index in [0.29, 0.717) is 10.2 Å². The number of hydrogen-bond donors (Lipinski definition) is 2. The van der Waals surface area contributed by atoms with E-state index in [1.165, 1.54) is 11.3 Å². The molecule has 1 unspecified atom stereocenters. The van der Waals surface area contributed by atoms with E-state index in [-0.39, 0.29) is 10.7 Å². The summed E-state index contributed by atoms with van der Waals surface area (Å²) in [6, 6.07) is 9.59. The van der Waals surface area contributed by atoms with Crippen LogP contribution in [0, 0.1) is 0 Å². The molecule has 3 aromatic rings. The Morgan fingerprint density at radius 1 is 1.35 bits per heavy atom. The molecule has 23 heavy (non-hydrogen) atoms. The van der Waals surface area contributed by atoms with Gasteiger partial charge in [0.1, 0.15) is 4.83 Å². The van der Waals surface area contributed by atoms with Crippen LogP contribution in [0.15, 0.2) is 45.7 Å². The third-order valence-corrected chi connectivity index (χ3v) is 5.33. The van der Waals surface area contributed by atoms with Gasteiger partial charge in [0, 0.05) is 10.9 Å². The topological polar surface area (TPSA) is 104 Å². The number of carbonyl (C=O) groups excluding carboxylic acids is 1. The lowest BCUT2D eigenvalue weighted by Crippen LogP contribution is -2.31. The number of benzene rings is 1. The standard InChI is InChI=1S/C15H14N4O2S2/c1-8(12(16)20)23-15-18-13-11(14(21)19(15)17)10(7-22-13)9-5-3-2-4-6-9/h2-8H,17H2,1H3,(H2,16,20). The summed E-state index contributed by atoms with van der Waals surface area (Å²) >= 11 is 2.44. The molecule has 0 saturated carbocycles. The quantitative estimate of drug-likeness (QED) is 0.426. The first-order valence-corrected chi connectivity index (χ1v) is 8.55. The summed E-state index contributed by atoms with van der Waals surface area (Å²) in [5.74, 6) is 5.39. The maximum Gasteiger partial charge on any atom is 0.282 e. The summed E-state index contributed by atoms with van der Waals surface area (Å²) in [4.78, 5) is 28.8. The molecule has 0 aliphatic rings. The Kier molecular flexibility index (Phi) is 4.10. The minimum Gasteiger partial charge on any atom is -0.369 e. The molecule has 2 heterocycles. The normalized spacial score (nSPS) is 12.4. The van der Waals surface area contributed by atoms with Crippen molar-refractivity contribution in [2.24, 2.45) is 5.73 Å². The molecule has 0 radical (unpaired) electrons. The van der Waals surface area contributed by atoms with E-state index >= 15 is 0 Å². The van der Waals surface area contributed by atoms with Crippen molar-refractivity contribution >= 4 is 39.2 Å². The Bertz CT molecular complexity index is 934. The number of thiophene rings is 1. The van der Waals surface area contributed by atoms with Crippen molar-refractivity contribution < 1.29 is 4.79 Å². The molecule has 0 bridgehead atoms. The summed E-state index contributed by atoms with van der Waals surface area (Å²) in [7, 11) is 0. The van der Waals surface area contributed by atoms with Gasteiger partial charge in [0.2, 0.25) is 5.91 Å². The van der Waals surface area contributed by atoms with Crippen molar-refractivity contribution in [1.29, 1.82) is 0 Å². The zero-order chi connectivity index (χ0) is 16.6. The maximum atomic E-state index is 12.6. The summed E-state index contributed by atoms with van der Waals surface area (Å²) in [6.07, 6.45) is 0.